The lowest BCUT2D eigenvalue weighted by Gasteiger charge is -2.59. The number of benzene rings is 1. The molecule has 4 aliphatic carbocycles. The average Bonchev–Trinajstić information content (AvgIpc) is 2.96. The van der Waals surface area contributed by atoms with Gasteiger partial charge in [-0.15, -0.1) is 0 Å². The van der Waals surface area contributed by atoms with Crippen molar-refractivity contribution in [3.63, 3.8) is 0 Å². The predicted molar refractivity (Wildman–Crippen MR) is 101 cm³/mol. The van der Waals surface area contributed by atoms with E-state index in [0.29, 0.717) is 11.3 Å². The molecule has 1 aromatic rings. The lowest BCUT2D eigenvalue weighted by Crippen LogP contribution is -2.55. The van der Waals surface area contributed by atoms with Gasteiger partial charge >= 0.3 is 0 Å². The van der Waals surface area contributed by atoms with Crippen molar-refractivity contribution in [1.82, 2.24) is 4.90 Å². The van der Waals surface area contributed by atoms with Gasteiger partial charge in [-0.2, -0.15) is 0 Å². The van der Waals surface area contributed by atoms with Crippen LogP contribution in [0.3, 0.4) is 0 Å². The van der Waals surface area contributed by atoms with Crippen LogP contribution in [-0.2, 0) is 10.2 Å². The Labute approximate surface area is 156 Å². The van der Waals surface area contributed by atoms with Crippen LogP contribution < -0.4 is 5.73 Å². The molecule has 1 amide bonds. The maximum atomic E-state index is 13.8. The molecule has 1 spiro atoms. The van der Waals surface area contributed by atoms with Crippen LogP contribution >= 0.6 is 0 Å². The Morgan fingerprint density at radius 3 is 2.77 bits per heavy atom. The zero-order valence-corrected chi connectivity index (χ0v) is 15.6. The maximum absolute atomic E-state index is 13.8. The van der Waals surface area contributed by atoms with E-state index in [-0.39, 0.29) is 16.9 Å². The van der Waals surface area contributed by atoms with Gasteiger partial charge in [0.2, 0.25) is 5.91 Å². The highest BCUT2D eigenvalue weighted by Gasteiger charge is 2.79. The number of carbonyl (C=O) groups is 1. The van der Waals surface area contributed by atoms with Crippen molar-refractivity contribution in [1.29, 1.82) is 0 Å². The largest absolute Gasteiger partial charge is 0.341 e. The summed E-state index contributed by atoms with van der Waals surface area (Å²) in [7, 11) is 0. The molecule has 3 heteroatoms. The van der Waals surface area contributed by atoms with Gasteiger partial charge in [0, 0.05) is 24.5 Å². The van der Waals surface area contributed by atoms with E-state index in [4.69, 9.17) is 5.73 Å². The Kier molecular flexibility index (Phi) is 2.97. The second-order valence-electron chi connectivity index (χ2n) is 10.3. The Hall–Kier alpha value is -1.35. The normalized spacial score (nSPS) is 48.3. The number of hydrogen-bond donors (Lipinski definition) is 1. The summed E-state index contributed by atoms with van der Waals surface area (Å²) in [6.45, 7) is 1.70. The molecule has 3 nitrogen and oxygen atoms in total. The molecule has 1 heterocycles. The van der Waals surface area contributed by atoms with Crippen LogP contribution in [0.5, 0.6) is 0 Å². The van der Waals surface area contributed by atoms with Crippen LogP contribution in [0, 0.1) is 22.7 Å². The van der Waals surface area contributed by atoms with E-state index in [1.54, 1.807) is 0 Å². The van der Waals surface area contributed by atoms with Gasteiger partial charge in [-0.25, -0.2) is 0 Å². The summed E-state index contributed by atoms with van der Waals surface area (Å²) in [6.07, 6.45) is 9.61. The average molecular weight is 351 g/mol. The van der Waals surface area contributed by atoms with Crippen LogP contribution in [-0.4, -0.2) is 29.9 Å². The highest BCUT2D eigenvalue weighted by atomic mass is 16.2. The highest BCUT2D eigenvalue weighted by Crippen LogP contribution is 2.84. The summed E-state index contributed by atoms with van der Waals surface area (Å²) < 4.78 is 0. The minimum Gasteiger partial charge on any atom is -0.341 e. The summed E-state index contributed by atoms with van der Waals surface area (Å²) in [5.74, 6) is 2.11. The Morgan fingerprint density at radius 2 is 1.96 bits per heavy atom. The van der Waals surface area contributed by atoms with Gasteiger partial charge in [0.1, 0.15) is 0 Å². The number of amides is 1. The van der Waals surface area contributed by atoms with Gasteiger partial charge in [-0.05, 0) is 74.2 Å². The summed E-state index contributed by atoms with van der Waals surface area (Å²) in [5.41, 5.74) is 8.33. The van der Waals surface area contributed by atoms with E-state index in [1.165, 1.54) is 24.8 Å². The van der Waals surface area contributed by atoms with E-state index in [0.717, 1.165) is 57.0 Å². The fourth-order valence-corrected chi connectivity index (χ4v) is 8.51. The topological polar surface area (TPSA) is 46.3 Å². The molecule has 4 saturated carbocycles. The van der Waals surface area contributed by atoms with Crippen LogP contribution in [0.2, 0.25) is 0 Å². The first-order valence-corrected chi connectivity index (χ1v) is 10.7. The number of hydrogen-bond acceptors (Lipinski definition) is 2. The van der Waals surface area contributed by atoms with Crippen LogP contribution in [0.25, 0.3) is 0 Å². The molecule has 138 valence electrons. The Morgan fingerprint density at radius 1 is 1.12 bits per heavy atom. The minimum atomic E-state index is -0.0962. The molecule has 1 aliphatic heterocycles. The zero-order chi connectivity index (χ0) is 17.6. The third-order valence-electron chi connectivity index (χ3n) is 9.10. The van der Waals surface area contributed by atoms with Crippen molar-refractivity contribution in [2.45, 2.75) is 62.8 Å². The quantitative estimate of drug-likeness (QED) is 0.888. The van der Waals surface area contributed by atoms with Gasteiger partial charge in [0.05, 0.1) is 5.41 Å². The summed E-state index contributed by atoms with van der Waals surface area (Å²) in [4.78, 5) is 15.9. The number of carbonyl (C=O) groups excluding carboxylic acids is 1. The molecular weight excluding hydrogens is 320 g/mol. The van der Waals surface area contributed by atoms with Crippen LogP contribution in [0.4, 0.5) is 0 Å². The van der Waals surface area contributed by atoms with E-state index < -0.39 is 0 Å². The number of piperidine rings is 1. The maximum Gasteiger partial charge on any atom is 0.228 e. The number of fused-ring (bicyclic) bond motifs is 2. The molecule has 6 atom stereocenters. The molecular formula is C23H30N2O. The highest BCUT2D eigenvalue weighted by molar-refractivity contribution is 5.84. The first-order chi connectivity index (χ1) is 12.6. The van der Waals surface area contributed by atoms with Crippen molar-refractivity contribution in [3.8, 4) is 0 Å². The zero-order valence-electron chi connectivity index (χ0n) is 15.6. The molecule has 3 bridgehead atoms. The first-order valence-electron chi connectivity index (χ1n) is 10.7. The summed E-state index contributed by atoms with van der Waals surface area (Å²) in [5, 5.41) is 0. The summed E-state index contributed by atoms with van der Waals surface area (Å²) in [6, 6.07) is 11.4. The smallest absolute Gasteiger partial charge is 0.228 e. The van der Waals surface area contributed by atoms with E-state index >= 15 is 0 Å². The van der Waals surface area contributed by atoms with E-state index in [9.17, 15) is 4.79 Å². The lowest BCUT2D eigenvalue weighted by atomic mass is 9.44. The number of nitrogens with two attached hydrogens (primary N) is 1. The standard InChI is InChI=1S/C23H30N2O/c24-19-7-4-8-25(13-19)20(26)21-10-16-9-18-12-23(15-21,22(18,11-16)14-21)17-5-2-1-3-6-17/h1-3,5-6,16,18-19H,4,7-15,24H2. The fourth-order valence-electron chi connectivity index (χ4n) is 8.51. The van der Waals surface area contributed by atoms with Gasteiger partial charge in [-0.3, -0.25) is 4.79 Å². The third kappa shape index (κ3) is 1.72. The summed E-state index contributed by atoms with van der Waals surface area (Å²) >= 11 is 0. The fraction of sp³-hybridized carbons (Fsp3) is 0.696. The van der Waals surface area contributed by atoms with Gasteiger partial charge in [0.15, 0.2) is 0 Å². The van der Waals surface area contributed by atoms with Crippen LogP contribution in [0.15, 0.2) is 30.3 Å². The second-order valence-corrected chi connectivity index (χ2v) is 10.3. The van der Waals surface area contributed by atoms with Crippen LogP contribution in [0.1, 0.15) is 56.9 Å². The van der Waals surface area contributed by atoms with Crippen molar-refractivity contribution in [2.75, 3.05) is 13.1 Å². The molecule has 5 fully saturated rings. The molecule has 1 saturated heterocycles. The number of likely N-dealkylation sites (tertiary alicyclic amines) is 1. The van der Waals surface area contributed by atoms with Gasteiger partial charge < -0.3 is 10.6 Å². The van der Waals surface area contributed by atoms with Crippen molar-refractivity contribution >= 4 is 5.91 Å². The monoisotopic (exact) mass is 350 g/mol. The SMILES string of the molecule is NC1CCCN(C(=O)C23CC4CC5CC(c6ccccc6)(C2)C5(C4)C3)C1. The number of nitrogens with zero attached hydrogens (tertiary/aromatic N) is 1. The van der Waals surface area contributed by atoms with Gasteiger partial charge in [-0.1, -0.05) is 30.3 Å². The Bertz CT molecular complexity index is 763. The Balaban J connectivity index is 1.41. The first kappa shape index (κ1) is 15.7. The number of rotatable bonds is 2. The molecule has 5 aliphatic rings. The molecule has 1 aromatic carbocycles. The molecule has 2 N–H and O–H groups in total. The second kappa shape index (κ2) is 4.92. The molecule has 0 radical (unpaired) electrons. The molecule has 0 aromatic heterocycles. The third-order valence-corrected chi connectivity index (χ3v) is 9.10. The lowest BCUT2D eigenvalue weighted by molar-refractivity contribution is -0.145. The molecule has 26 heavy (non-hydrogen) atoms. The van der Waals surface area contributed by atoms with Gasteiger partial charge in [0.25, 0.3) is 0 Å². The van der Waals surface area contributed by atoms with E-state index in [1.807, 2.05) is 0 Å². The molecule has 6 unspecified atom stereocenters. The van der Waals surface area contributed by atoms with E-state index in [2.05, 4.69) is 35.2 Å². The predicted octanol–water partition coefficient (Wildman–Crippen LogP) is 3.47. The van der Waals surface area contributed by atoms with Crippen molar-refractivity contribution in [2.24, 2.45) is 28.4 Å². The minimum absolute atomic E-state index is 0.0962. The van der Waals surface area contributed by atoms with Crippen molar-refractivity contribution < 1.29 is 4.79 Å². The van der Waals surface area contributed by atoms with Crippen molar-refractivity contribution in [3.05, 3.63) is 35.9 Å². The molecule has 6 rings (SSSR count).